The average Bonchev–Trinajstić information content (AvgIpc) is 2.74. The van der Waals surface area contributed by atoms with Gasteiger partial charge in [0, 0.05) is 11.1 Å². The Kier molecular flexibility index (Phi) is 4.03. The van der Waals surface area contributed by atoms with Crippen molar-refractivity contribution in [2.45, 2.75) is 20.1 Å². The van der Waals surface area contributed by atoms with E-state index >= 15 is 0 Å². The van der Waals surface area contributed by atoms with Crippen LogP contribution in [0.25, 0.3) is 0 Å². The van der Waals surface area contributed by atoms with Gasteiger partial charge in [-0.05, 0) is 19.1 Å². The van der Waals surface area contributed by atoms with E-state index in [-0.39, 0.29) is 5.75 Å². The number of pyridine rings is 1. The molecule has 2 heterocycles. The van der Waals surface area contributed by atoms with Gasteiger partial charge in [-0.3, -0.25) is 4.98 Å². The number of nitrogens with zero attached hydrogens (tertiary/aromatic N) is 2. The van der Waals surface area contributed by atoms with Crippen molar-refractivity contribution in [3.63, 3.8) is 0 Å². The maximum atomic E-state index is 11.9. The fraction of sp³-hybridized carbons (Fsp3) is 0.273. The Morgan fingerprint density at radius 2 is 2.17 bits per heavy atom. The molecule has 1 N–H and O–H groups in total. The van der Waals surface area contributed by atoms with Crippen molar-refractivity contribution in [3.8, 4) is 5.75 Å². The normalized spacial score (nSPS) is 10.7. The third-order valence-corrected chi connectivity index (χ3v) is 2.94. The van der Waals surface area contributed by atoms with Gasteiger partial charge in [0.05, 0.1) is 18.4 Å². The van der Waals surface area contributed by atoms with Crippen molar-refractivity contribution in [2.75, 3.05) is 5.32 Å². The summed E-state index contributed by atoms with van der Waals surface area (Å²) in [6.45, 7) is -0.367. The average molecular weight is 271 g/mol. The van der Waals surface area contributed by atoms with Crippen LogP contribution in [0.3, 0.4) is 0 Å². The highest BCUT2D eigenvalue weighted by molar-refractivity contribution is 7.15. The summed E-state index contributed by atoms with van der Waals surface area (Å²) in [5, 5.41) is 3.91. The molecule has 0 aromatic carbocycles. The van der Waals surface area contributed by atoms with Crippen molar-refractivity contribution in [1.29, 1.82) is 0 Å². The molecule has 0 amide bonds. The number of aryl methyl sites for hydroxylation is 1. The molecule has 0 aliphatic heterocycles. The van der Waals surface area contributed by atoms with Gasteiger partial charge in [-0.1, -0.05) is 0 Å². The molecule has 0 spiro atoms. The SMILES string of the molecule is Cc1cnc(NCc2ccc(OC(F)F)cn2)s1. The highest BCUT2D eigenvalue weighted by Crippen LogP contribution is 2.18. The fourth-order valence-electron chi connectivity index (χ4n) is 1.29. The van der Waals surface area contributed by atoms with E-state index < -0.39 is 6.61 Å². The quantitative estimate of drug-likeness (QED) is 0.908. The first-order valence-electron chi connectivity index (χ1n) is 5.19. The highest BCUT2D eigenvalue weighted by Gasteiger charge is 2.04. The van der Waals surface area contributed by atoms with Crippen molar-refractivity contribution >= 4 is 16.5 Å². The summed E-state index contributed by atoms with van der Waals surface area (Å²) in [5.41, 5.74) is 0.726. The molecule has 0 aliphatic rings. The van der Waals surface area contributed by atoms with Crippen molar-refractivity contribution in [2.24, 2.45) is 0 Å². The van der Waals surface area contributed by atoms with E-state index in [0.29, 0.717) is 6.54 Å². The highest BCUT2D eigenvalue weighted by atomic mass is 32.1. The molecule has 2 aromatic heterocycles. The minimum atomic E-state index is -2.82. The van der Waals surface area contributed by atoms with E-state index in [0.717, 1.165) is 15.7 Å². The zero-order valence-electron chi connectivity index (χ0n) is 9.56. The van der Waals surface area contributed by atoms with Crippen molar-refractivity contribution in [3.05, 3.63) is 35.1 Å². The molecule has 0 atom stereocenters. The number of halogens is 2. The molecule has 0 saturated carbocycles. The molecule has 0 saturated heterocycles. The predicted octanol–water partition coefficient (Wildman–Crippen LogP) is 3.06. The smallest absolute Gasteiger partial charge is 0.387 e. The third-order valence-electron chi connectivity index (χ3n) is 2.06. The molecular formula is C11H11F2N3OS. The summed E-state index contributed by atoms with van der Waals surface area (Å²) in [4.78, 5) is 9.27. The van der Waals surface area contributed by atoms with E-state index in [9.17, 15) is 8.78 Å². The Hall–Kier alpha value is -1.76. The van der Waals surface area contributed by atoms with Crippen LogP contribution in [0.1, 0.15) is 10.6 Å². The number of hydrogen-bond donors (Lipinski definition) is 1. The van der Waals surface area contributed by atoms with Gasteiger partial charge in [-0.2, -0.15) is 8.78 Å². The number of hydrogen-bond acceptors (Lipinski definition) is 5. The molecule has 2 rings (SSSR count). The molecule has 0 bridgehead atoms. The Morgan fingerprint density at radius 3 is 2.72 bits per heavy atom. The summed E-state index contributed by atoms with van der Waals surface area (Å²) in [6, 6.07) is 3.09. The molecular weight excluding hydrogens is 260 g/mol. The van der Waals surface area contributed by atoms with Gasteiger partial charge in [0.25, 0.3) is 0 Å². The van der Waals surface area contributed by atoms with Crippen molar-refractivity contribution in [1.82, 2.24) is 9.97 Å². The van der Waals surface area contributed by atoms with Crippen molar-refractivity contribution < 1.29 is 13.5 Å². The number of rotatable bonds is 5. The second-order valence-corrected chi connectivity index (χ2v) is 4.73. The van der Waals surface area contributed by atoms with Crippen LogP contribution in [-0.4, -0.2) is 16.6 Å². The molecule has 18 heavy (non-hydrogen) atoms. The summed E-state index contributed by atoms with van der Waals surface area (Å²) in [7, 11) is 0. The number of nitrogens with one attached hydrogen (secondary N) is 1. The lowest BCUT2D eigenvalue weighted by atomic mass is 10.3. The first-order valence-corrected chi connectivity index (χ1v) is 6.01. The fourth-order valence-corrected chi connectivity index (χ4v) is 1.95. The number of alkyl halides is 2. The van der Waals surface area contributed by atoms with Gasteiger partial charge in [0.15, 0.2) is 5.13 Å². The van der Waals surface area contributed by atoms with Crippen LogP contribution in [0.2, 0.25) is 0 Å². The molecule has 96 valence electrons. The molecule has 0 radical (unpaired) electrons. The van der Waals surface area contributed by atoms with Crippen LogP contribution in [0.15, 0.2) is 24.5 Å². The number of ether oxygens (including phenoxy) is 1. The predicted molar refractivity (Wildman–Crippen MR) is 65.0 cm³/mol. The van der Waals surface area contributed by atoms with Gasteiger partial charge in [0.2, 0.25) is 0 Å². The molecule has 7 heteroatoms. The topological polar surface area (TPSA) is 47.0 Å². The largest absolute Gasteiger partial charge is 0.433 e. The maximum Gasteiger partial charge on any atom is 0.387 e. The Morgan fingerprint density at radius 1 is 1.33 bits per heavy atom. The lowest BCUT2D eigenvalue weighted by Crippen LogP contribution is -2.04. The molecule has 0 fully saturated rings. The second-order valence-electron chi connectivity index (χ2n) is 3.49. The zero-order chi connectivity index (χ0) is 13.0. The minimum Gasteiger partial charge on any atom is -0.433 e. The summed E-state index contributed by atoms with van der Waals surface area (Å²) in [6.07, 6.45) is 3.05. The van der Waals surface area contributed by atoms with Crippen LogP contribution < -0.4 is 10.1 Å². The van der Waals surface area contributed by atoms with Gasteiger partial charge in [-0.15, -0.1) is 11.3 Å². The van der Waals surface area contributed by atoms with Crippen LogP contribution in [0.5, 0.6) is 5.75 Å². The number of aromatic nitrogens is 2. The Balaban J connectivity index is 1.90. The van der Waals surface area contributed by atoms with E-state index in [4.69, 9.17) is 0 Å². The lowest BCUT2D eigenvalue weighted by Gasteiger charge is -2.05. The zero-order valence-corrected chi connectivity index (χ0v) is 10.4. The minimum absolute atomic E-state index is 0.0545. The molecule has 4 nitrogen and oxygen atoms in total. The van der Waals surface area contributed by atoms with Gasteiger partial charge in [0.1, 0.15) is 5.75 Å². The van der Waals surface area contributed by atoms with Crippen LogP contribution >= 0.6 is 11.3 Å². The standard InChI is InChI=1S/C11H11F2N3OS/c1-7-4-15-11(18-7)16-5-8-2-3-9(6-14-8)17-10(12)13/h2-4,6,10H,5H2,1H3,(H,15,16). The van der Waals surface area contributed by atoms with Gasteiger partial charge >= 0.3 is 6.61 Å². The number of anilines is 1. The third kappa shape index (κ3) is 3.63. The first-order chi connectivity index (χ1) is 8.63. The van der Waals surface area contributed by atoms with E-state index in [1.807, 2.05) is 6.92 Å². The Labute approximate surface area is 107 Å². The molecule has 0 aliphatic carbocycles. The second kappa shape index (κ2) is 5.72. The Bertz CT molecular complexity index is 501. The van der Waals surface area contributed by atoms with Gasteiger partial charge < -0.3 is 10.1 Å². The van der Waals surface area contributed by atoms with E-state index in [2.05, 4.69) is 20.0 Å². The molecule has 0 unspecified atom stereocenters. The van der Waals surface area contributed by atoms with Crippen LogP contribution in [0.4, 0.5) is 13.9 Å². The first kappa shape index (κ1) is 12.7. The summed E-state index contributed by atoms with van der Waals surface area (Å²) in [5.74, 6) is 0.0545. The van der Waals surface area contributed by atoms with Crippen LogP contribution in [0, 0.1) is 6.92 Å². The van der Waals surface area contributed by atoms with E-state index in [1.54, 1.807) is 23.6 Å². The van der Waals surface area contributed by atoms with E-state index in [1.165, 1.54) is 12.3 Å². The van der Waals surface area contributed by atoms with Gasteiger partial charge in [-0.25, -0.2) is 4.98 Å². The maximum absolute atomic E-state index is 11.9. The van der Waals surface area contributed by atoms with Crippen LogP contribution in [-0.2, 0) is 6.54 Å². The summed E-state index contributed by atoms with van der Waals surface area (Å²) < 4.78 is 28.1. The monoisotopic (exact) mass is 271 g/mol. The summed E-state index contributed by atoms with van der Waals surface area (Å²) >= 11 is 1.54. The number of thiazole rings is 1. The lowest BCUT2D eigenvalue weighted by molar-refractivity contribution is -0.0500. The molecule has 2 aromatic rings.